The fourth-order valence-corrected chi connectivity index (χ4v) is 2.97. The van der Waals surface area contributed by atoms with Crippen molar-refractivity contribution in [1.82, 2.24) is 5.32 Å². The smallest absolute Gasteiger partial charge is 0.318 e. The van der Waals surface area contributed by atoms with E-state index in [4.69, 9.17) is 0 Å². The lowest BCUT2D eigenvalue weighted by Crippen LogP contribution is -2.28. The van der Waals surface area contributed by atoms with Crippen LogP contribution in [0, 0.1) is 12.8 Å². The predicted octanol–water partition coefficient (Wildman–Crippen LogP) is 2.74. The SMILES string of the molecule is CNC(=O)Nc1cccc(NC(=O)C2CC(=O)N(c3ccc(C)cc3)C2)c1. The Morgan fingerprint density at radius 1 is 1.04 bits per heavy atom. The van der Waals surface area contributed by atoms with Gasteiger partial charge in [0.25, 0.3) is 0 Å². The van der Waals surface area contributed by atoms with Crippen molar-refractivity contribution in [2.45, 2.75) is 13.3 Å². The Hall–Kier alpha value is -3.35. The molecule has 0 radical (unpaired) electrons. The summed E-state index contributed by atoms with van der Waals surface area (Å²) in [5.74, 6) is -0.696. The molecule has 0 saturated carbocycles. The van der Waals surface area contributed by atoms with E-state index in [0.29, 0.717) is 17.9 Å². The molecule has 1 unspecified atom stereocenters. The lowest BCUT2D eigenvalue weighted by Gasteiger charge is -2.17. The van der Waals surface area contributed by atoms with Crippen LogP contribution in [0.4, 0.5) is 21.9 Å². The number of benzene rings is 2. The molecule has 7 nitrogen and oxygen atoms in total. The summed E-state index contributed by atoms with van der Waals surface area (Å²) in [6.45, 7) is 2.34. The van der Waals surface area contributed by atoms with Gasteiger partial charge >= 0.3 is 6.03 Å². The van der Waals surface area contributed by atoms with Gasteiger partial charge in [0.15, 0.2) is 0 Å². The highest BCUT2D eigenvalue weighted by atomic mass is 16.2. The van der Waals surface area contributed by atoms with E-state index in [0.717, 1.165) is 11.3 Å². The zero-order chi connectivity index (χ0) is 19.4. The van der Waals surface area contributed by atoms with Crippen LogP contribution in [0.3, 0.4) is 0 Å². The van der Waals surface area contributed by atoms with Crippen LogP contribution in [0.25, 0.3) is 0 Å². The highest BCUT2D eigenvalue weighted by Crippen LogP contribution is 2.26. The molecule has 1 atom stereocenters. The van der Waals surface area contributed by atoms with Gasteiger partial charge < -0.3 is 20.9 Å². The number of carbonyl (C=O) groups excluding carboxylic acids is 3. The van der Waals surface area contributed by atoms with Crippen LogP contribution >= 0.6 is 0 Å². The van der Waals surface area contributed by atoms with E-state index < -0.39 is 5.92 Å². The molecular weight excluding hydrogens is 344 g/mol. The molecular formula is C20H22N4O3. The number of anilines is 3. The molecule has 2 aromatic rings. The van der Waals surface area contributed by atoms with Crippen molar-refractivity contribution in [3.05, 3.63) is 54.1 Å². The number of hydrogen-bond acceptors (Lipinski definition) is 3. The monoisotopic (exact) mass is 366 g/mol. The Bertz CT molecular complexity index is 864. The van der Waals surface area contributed by atoms with Crippen molar-refractivity contribution >= 4 is 34.9 Å². The Morgan fingerprint density at radius 2 is 1.70 bits per heavy atom. The first-order valence-corrected chi connectivity index (χ1v) is 8.73. The van der Waals surface area contributed by atoms with Crippen molar-refractivity contribution in [1.29, 1.82) is 0 Å². The number of hydrogen-bond donors (Lipinski definition) is 3. The number of rotatable bonds is 4. The highest BCUT2D eigenvalue weighted by molar-refractivity contribution is 6.03. The largest absolute Gasteiger partial charge is 0.341 e. The van der Waals surface area contributed by atoms with E-state index in [1.165, 1.54) is 7.05 Å². The van der Waals surface area contributed by atoms with Crippen molar-refractivity contribution in [3.63, 3.8) is 0 Å². The Morgan fingerprint density at radius 3 is 2.37 bits per heavy atom. The Kier molecular flexibility index (Phi) is 5.40. The molecule has 27 heavy (non-hydrogen) atoms. The first-order chi connectivity index (χ1) is 13.0. The van der Waals surface area contributed by atoms with Gasteiger partial charge in [0, 0.05) is 37.1 Å². The van der Waals surface area contributed by atoms with Crippen LogP contribution in [0.15, 0.2) is 48.5 Å². The Labute approximate surface area is 157 Å². The summed E-state index contributed by atoms with van der Waals surface area (Å²) in [6, 6.07) is 14.2. The highest BCUT2D eigenvalue weighted by Gasteiger charge is 2.35. The van der Waals surface area contributed by atoms with Gasteiger partial charge in [-0.3, -0.25) is 9.59 Å². The Balaban J connectivity index is 1.65. The normalized spacial score (nSPS) is 16.1. The second kappa shape index (κ2) is 7.90. The average Bonchev–Trinajstić information content (AvgIpc) is 3.04. The van der Waals surface area contributed by atoms with Gasteiger partial charge in [-0.05, 0) is 37.3 Å². The second-order valence-electron chi connectivity index (χ2n) is 6.52. The molecule has 0 aromatic heterocycles. The first kappa shape index (κ1) is 18.4. The van der Waals surface area contributed by atoms with Gasteiger partial charge in [0.05, 0.1) is 5.92 Å². The van der Waals surface area contributed by atoms with Gasteiger partial charge in [-0.25, -0.2) is 4.79 Å². The number of aryl methyl sites for hydroxylation is 1. The number of urea groups is 1. The number of amides is 4. The van der Waals surface area contributed by atoms with E-state index in [9.17, 15) is 14.4 Å². The van der Waals surface area contributed by atoms with Gasteiger partial charge in [-0.1, -0.05) is 23.8 Å². The minimum atomic E-state index is -0.422. The number of nitrogens with zero attached hydrogens (tertiary/aromatic N) is 1. The lowest BCUT2D eigenvalue weighted by molar-refractivity contribution is -0.122. The summed E-state index contributed by atoms with van der Waals surface area (Å²) >= 11 is 0. The molecule has 2 aromatic carbocycles. The van der Waals surface area contributed by atoms with E-state index in [1.54, 1.807) is 29.2 Å². The molecule has 1 saturated heterocycles. The zero-order valence-corrected chi connectivity index (χ0v) is 15.3. The van der Waals surface area contributed by atoms with Crippen LogP contribution in [-0.4, -0.2) is 31.4 Å². The predicted molar refractivity (Wildman–Crippen MR) is 105 cm³/mol. The molecule has 1 fully saturated rings. The summed E-state index contributed by atoms with van der Waals surface area (Å²) in [5.41, 5.74) is 3.05. The van der Waals surface area contributed by atoms with E-state index in [-0.39, 0.29) is 24.3 Å². The lowest BCUT2D eigenvalue weighted by atomic mass is 10.1. The standard InChI is InChI=1S/C20H22N4O3/c1-13-6-8-17(9-7-13)24-12-14(10-18(24)25)19(26)22-15-4-3-5-16(11-15)23-20(27)21-2/h3-9,11,14H,10,12H2,1-2H3,(H,22,26)(H2,21,23,27). The maximum atomic E-state index is 12.6. The quantitative estimate of drug-likeness (QED) is 0.777. The molecule has 3 N–H and O–H groups in total. The van der Waals surface area contributed by atoms with Gasteiger partial charge in [-0.2, -0.15) is 0 Å². The third-order valence-corrected chi connectivity index (χ3v) is 4.46. The molecule has 140 valence electrons. The molecule has 0 spiro atoms. The molecule has 0 aliphatic carbocycles. The third kappa shape index (κ3) is 4.44. The van der Waals surface area contributed by atoms with Crippen molar-refractivity contribution < 1.29 is 14.4 Å². The fraction of sp³-hybridized carbons (Fsp3) is 0.250. The molecule has 1 aliphatic rings. The minimum Gasteiger partial charge on any atom is -0.341 e. The number of carbonyl (C=O) groups is 3. The van der Waals surface area contributed by atoms with Crippen LogP contribution < -0.4 is 20.9 Å². The van der Waals surface area contributed by atoms with Gasteiger partial charge in [0.2, 0.25) is 11.8 Å². The van der Waals surface area contributed by atoms with E-state index in [1.807, 2.05) is 31.2 Å². The van der Waals surface area contributed by atoms with Crippen LogP contribution in [0.5, 0.6) is 0 Å². The van der Waals surface area contributed by atoms with Crippen molar-refractivity contribution in [2.24, 2.45) is 5.92 Å². The molecule has 7 heteroatoms. The van der Waals surface area contributed by atoms with Crippen molar-refractivity contribution in [2.75, 3.05) is 29.1 Å². The van der Waals surface area contributed by atoms with Gasteiger partial charge in [-0.15, -0.1) is 0 Å². The molecule has 4 amide bonds. The minimum absolute atomic E-state index is 0.0611. The first-order valence-electron chi connectivity index (χ1n) is 8.73. The molecule has 1 aliphatic heterocycles. The summed E-state index contributed by atoms with van der Waals surface area (Å²) < 4.78 is 0. The molecule has 0 bridgehead atoms. The number of nitrogens with one attached hydrogen (secondary N) is 3. The second-order valence-corrected chi connectivity index (χ2v) is 6.52. The van der Waals surface area contributed by atoms with Crippen LogP contribution in [0.2, 0.25) is 0 Å². The molecule has 3 rings (SSSR count). The third-order valence-electron chi connectivity index (χ3n) is 4.46. The summed E-state index contributed by atoms with van der Waals surface area (Å²) in [7, 11) is 1.53. The maximum Gasteiger partial charge on any atom is 0.318 e. The molecule has 1 heterocycles. The van der Waals surface area contributed by atoms with Crippen LogP contribution in [0.1, 0.15) is 12.0 Å². The van der Waals surface area contributed by atoms with Gasteiger partial charge in [0.1, 0.15) is 0 Å². The summed E-state index contributed by atoms with van der Waals surface area (Å²) in [5, 5.41) is 7.95. The summed E-state index contributed by atoms with van der Waals surface area (Å²) in [6.07, 6.45) is 0.176. The van der Waals surface area contributed by atoms with E-state index in [2.05, 4.69) is 16.0 Å². The zero-order valence-electron chi connectivity index (χ0n) is 15.3. The summed E-state index contributed by atoms with van der Waals surface area (Å²) in [4.78, 5) is 38.0. The average molecular weight is 366 g/mol. The maximum absolute atomic E-state index is 12.6. The van der Waals surface area contributed by atoms with Crippen molar-refractivity contribution in [3.8, 4) is 0 Å². The van der Waals surface area contributed by atoms with Crippen LogP contribution in [-0.2, 0) is 9.59 Å². The topological polar surface area (TPSA) is 90.5 Å². The van der Waals surface area contributed by atoms with E-state index >= 15 is 0 Å². The fourth-order valence-electron chi connectivity index (χ4n) is 2.97.